The molecule has 1 fully saturated rings. The van der Waals surface area contributed by atoms with Gasteiger partial charge in [0.15, 0.2) is 15.7 Å². The van der Waals surface area contributed by atoms with Gasteiger partial charge >= 0.3 is 0 Å². The molecule has 1 aromatic heterocycles. The van der Waals surface area contributed by atoms with E-state index in [0.717, 1.165) is 5.56 Å². The van der Waals surface area contributed by atoms with Gasteiger partial charge in [0.25, 0.3) is 0 Å². The van der Waals surface area contributed by atoms with Crippen LogP contribution in [0.15, 0.2) is 42.6 Å². The maximum absolute atomic E-state index is 11.4. The van der Waals surface area contributed by atoms with E-state index in [0.29, 0.717) is 18.1 Å². The van der Waals surface area contributed by atoms with Crippen LogP contribution in [0, 0.1) is 0 Å². The summed E-state index contributed by atoms with van der Waals surface area (Å²) in [7, 11) is -2.88. The van der Waals surface area contributed by atoms with E-state index in [2.05, 4.69) is 15.3 Å². The predicted octanol–water partition coefficient (Wildman–Crippen LogP) is 1.74. The lowest BCUT2D eigenvalue weighted by Crippen LogP contribution is -2.21. The highest BCUT2D eigenvalue weighted by atomic mass is 32.2. The zero-order valence-corrected chi connectivity index (χ0v) is 11.7. The van der Waals surface area contributed by atoms with Crippen molar-refractivity contribution in [3.05, 3.63) is 42.6 Å². The summed E-state index contributed by atoms with van der Waals surface area (Å²) in [5.74, 6) is 1.73. The molecule has 0 bridgehead atoms. The molecular weight excluding hydrogens is 274 g/mol. The first-order chi connectivity index (χ1) is 9.62. The zero-order valence-electron chi connectivity index (χ0n) is 10.9. The molecule has 0 spiro atoms. The molecule has 0 radical (unpaired) electrons. The molecule has 0 saturated carbocycles. The molecule has 0 amide bonds. The van der Waals surface area contributed by atoms with Gasteiger partial charge in [0, 0.05) is 17.8 Å². The molecule has 2 heterocycles. The molecule has 1 aromatic carbocycles. The minimum atomic E-state index is -2.88. The number of hydrogen-bond donors (Lipinski definition) is 1. The van der Waals surface area contributed by atoms with Crippen LogP contribution in [0.1, 0.15) is 6.42 Å². The molecule has 6 heteroatoms. The van der Waals surface area contributed by atoms with Crippen LogP contribution in [0.2, 0.25) is 0 Å². The summed E-state index contributed by atoms with van der Waals surface area (Å²) in [5, 5.41) is 3.18. The third-order valence-electron chi connectivity index (χ3n) is 3.27. The van der Waals surface area contributed by atoms with Gasteiger partial charge in [-0.05, 0) is 12.5 Å². The number of aromatic nitrogens is 2. The molecule has 1 atom stereocenters. The second-order valence-electron chi connectivity index (χ2n) is 4.88. The van der Waals surface area contributed by atoms with Crippen molar-refractivity contribution in [2.24, 2.45) is 0 Å². The lowest BCUT2D eigenvalue weighted by Gasteiger charge is -2.11. The Labute approximate surface area is 118 Å². The normalized spacial score (nSPS) is 20.7. The number of sulfone groups is 1. The fourth-order valence-corrected chi connectivity index (χ4v) is 3.96. The van der Waals surface area contributed by atoms with Crippen LogP contribution in [0.5, 0.6) is 0 Å². The Morgan fingerprint density at radius 2 is 1.95 bits per heavy atom. The largest absolute Gasteiger partial charge is 0.366 e. The van der Waals surface area contributed by atoms with Crippen molar-refractivity contribution in [3.8, 4) is 11.4 Å². The van der Waals surface area contributed by atoms with E-state index < -0.39 is 9.84 Å². The molecule has 3 rings (SSSR count). The van der Waals surface area contributed by atoms with Gasteiger partial charge in [-0.25, -0.2) is 18.4 Å². The first kappa shape index (κ1) is 13.1. The second-order valence-corrected chi connectivity index (χ2v) is 7.10. The highest BCUT2D eigenvalue weighted by molar-refractivity contribution is 7.91. The maximum atomic E-state index is 11.4. The number of hydrogen-bond acceptors (Lipinski definition) is 5. The lowest BCUT2D eigenvalue weighted by molar-refractivity contribution is 0.602. The Morgan fingerprint density at radius 1 is 1.15 bits per heavy atom. The van der Waals surface area contributed by atoms with E-state index in [4.69, 9.17) is 0 Å². The number of nitrogens with one attached hydrogen (secondary N) is 1. The number of anilines is 1. The Balaban J connectivity index is 1.79. The van der Waals surface area contributed by atoms with Crippen molar-refractivity contribution in [2.75, 3.05) is 16.8 Å². The van der Waals surface area contributed by atoms with Gasteiger partial charge in [-0.2, -0.15) is 0 Å². The van der Waals surface area contributed by atoms with Gasteiger partial charge in [0.2, 0.25) is 0 Å². The smallest absolute Gasteiger partial charge is 0.161 e. The van der Waals surface area contributed by atoms with Crippen LogP contribution in [-0.4, -0.2) is 35.9 Å². The van der Waals surface area contributed by atoms with Crippen LogP contribution < -0.4 is 5.32 Å². The average Bonchev–Trinajstić information content (AvgIpc) is 2.79. The number of benzene rings is 1. The highest BCUT2D eigenvalue weighted by Crippen LogP contribution is 2.19. The molecule has 1 saturated heterocycles. The second kappa shape index (κ2) is 5.20. The van der Waals surface area contributed by atoms with Crippen molar-refractivity contribution in [1.82, 2.24) is 9.97 Å². The molecule has 5 nitrogen and oxygen atoms in total. The lowest BCUT2D eigenvalue weighted by atomic mass is 10.2. The predicted molar refractivity (Wildman–Crippen MR) is 78.1 cm³/mol. The van der Waals surface area contributed by atoms with E-state index in [1.807, 2.05) is 30.3 Å². The van der Waals surface area contributed by atoms with Crippen molar-refractivity contribution < 1.29 is 8.42 Å². The zero-order chi connectivity index (χ0) is 14.0. The Bertz CT molecular complexity index is 701. The standard InChI is InChI=1S/C14H15N3O2S/c18-20(19)9-7-12(10-20)16-13-6-8-15-14(17-13)11-4-2-1-3-5-11/h1-6,8,12H,7,9-10H2,(H,15,16,17). The molecule has 0 aliphatic carbocycles. The summed E-state index contributed by atoms with van der Waals surface area (Å²) in [6, 6.07) is 11.4. The minimum Gasteiger partial charge on any atom is -0.366 e. The number of rotatable bonds is 3. The van der Waals surface area contributed by atoms with E-state index in [1.165, 1.54) is 0 Å². The molecule has 20 heavy (non-hydrogen) atoms. The van der Waals surface area contributed by atoms with E-state index in [-0.39, 0.29) is 17.5 Å². The fraction of sp³-hybridized carbons (Fsp3) is 0.286. The minimum absolute atomic E-state index is 0.0569. The molecular formula is C14H15N3O2S. The first-order valence-electron chi connectivity index (χ1n) is 6.48. The van der Waals surface area contributed by atoms with Crippen LogP contribution in [0.4, 0.5) is 5.82 Å². The topological polar surface area (TPSA) is 72.0 Å². The van der Waals surface area contributed by atoms with Crippen molar-refractivity contribution >= 4 is 15.7 Å². The monoisotopic (exact) mass is 289 g/mol. The van der Waals surface area contributed by atoms with E-state index in [9.17, 15) is 8.42 Å². The van der Waals surface area contributed by atoms with Gasteiger partial charge in [-0.3, -0.25) is 0 Å². The Kier molecular flexibility index (Phi) is 3.40. The summed E-state index contributed by atoms with van der Waals surface area (Å²) in [5.41, 5.74) is 0.940. The summed E-state index contributed by atoms with van der Waals surface area (Å²) in [4.78, 5) is 8.68. The molecule has 1 unspecified atom stereocenters. The van der Waals surface area contributed by atoms with Gasteiger partial charge in [0.05, 0.1) is 11.5 Å². The van der Waals surface area contributed by atoms with Crippen LogP contribution in [-0.2, 0) is 9.84 Å². The van der Waals surface area contributed by atoms with Gasteiger partial charge in [0.1, 0.15) is 5.82 Å². The van der Waals surface area contributed by atoms with Crippen molar-refractivity contribution in [2.45, 2.75) is 12.5 Å². The quantitative estimate of drug-likeness (QED) is 0.932. The Morgan fingerprint density at radius 3 is 2.65 bits per heavy atom. The SMILES string of the molecule is O=S1(=O)CCC(Nc2ccnc(-c3ccccc3)n2)C1. The van der Waals surface area contributed by atoms with Gasteiger partial charge in [-0.15, -0.1) is 0 Å². The summed E-state index contributed by atoms with van der Waals surface area (Å²) < 4.78 is 22.9. The highest BCUT2D eigenvalue weighted by Gasteiger charge is 2.27. The summed E-state index contributed by atoms with van der Waals surface area (Å²) in [6.07, 6.45) is 2.31. The third kappa shape index (κ3) is 2.96. The third-order valence-corrected chi connectivity index (χ3v) is 5.04. The van der Waals surface area contributed by atoms with E-state index >= 15 is 0 Å². The fourth-order valence-electron chi connectivity index (χ4n) is 2.28. The van der Waals surface area contributed by atoms with Crippen molar-refractivity contribution in [1.29, 1.82) is 0 Å². The molecule has 1 aliphatic heterocycles. The van der Waals surface area contributed by atoms with Crippen LogP contribution >= 0.6 is 0 Å². The van der Waals surface area contributed by atoms with Crippen molar-refractivity contribution in [3.63, 3.8) is 0 Å². The first-order valence-corrected chi connectivity index (χ1v) is 8.30. The molecule has 1 aliphatic rings. The maximum Gasteiger partial charge on any atom is 0.161 e. The average molecular weight is 289 g/mol. The van der Waals surface area contributed by atoms with Crippen LogP contribution in [0.25, 0.3) is 11.4 Å². The summed E-state index contributed by atoms with van der Waals surface area (Å²) >= 11 is 0. The van der Waals surface area contributed by atoms with Crippen LogP contribution in [0.3, 0.4) is 0 Å². The Hall–Kier alpha value is -1.95. The van der Waals surface area contributed by atoms with Gasteiger partial charge in [-0.1, -0.05) is 30.3 Å². The number of nitrogens with zero attached hydrogens (tertiary/aromatic N) is 2. The summed E-state index contributed by atoms with van der Waals surface area (Å²) in [6.45, 7) is 0. The molecule has 2 aromatic rings. The molecule has 104 valence electrons. The van der Waals surface area contributed by atoms with E-state index in [1.54, 1.807) is 12.3 Å². The molecule has 1 N–H and O–H groups in total. The van der Waals surface area contributed by atoms with Gasteiger partial charge < -0.3 is 5.32 Å².